The summed E-state index contributed by atoms with van der Waals surface area (Å²) in [7, 11) is 0. The van der Waals surface area contributed by atoms with Gasteiger partial charge in [-0.05, 0) is 53.2 Å². The summed E-state index contributed by atoms with van der Waals surface area (Å²) in [4.78, 5) is 16.7. The molecule has 0 unspecified atom stereocenters. The summed E-state index contributed by atoms with van der Waals surface area (Å²) in [6.45, 7) is 5.64. The second-order valence-corrected chi connectivity index (χ2v) is 10.2. The lowest BCUT2D eigenvalue weighted by Crippen LogP contribution is -2.47. The quantitative estimate of drug-likeness (QED) is 0.334. The van der Waals surface area contributed by atoms with Crippen LogP contribution in [0.3, 0.4) is 0 Å². The molecule has 1 aromatic heterocycles. The molecule has 4 aromatic rings. The highest BCUT2D eigenvalue weighted by molar-refractivity contribution is 7.80. The van der Waals surface area contributed by atoms with Crippen molar-refractivity contribution < 1.29 is 4.39 Å². The molecule has 39 heavy (non-hydrogen) atoms. The van der Waals surface area contributed by atoms with E-state index >= 15 is 0 Å². The van der Waals surface area contributed by atoms with Crippen molar-refractivity contribution in [3.05, 3.63) is 107 Å². The highest BCUT2D eigenvalue weighted by Crippen LogP contribution is 2.30. The van der Waals surface area contributed by atoms with Gasteiger partial charge in [0.2, 0.25) is 5.95 Å². The van der Waals surface area contributed by atoms with Gasteiger partial charge >= 0.3 is 0 Å². The first-order valence-corrected chi connectivity index (χ1v) is 13.6. The first-order valence-electron chi connectivity index (χ1n) is 13.2. The summed E-state index contributed by atoms with van der Waals surface area (Å²) < 4.78 is 13.2. The van der Waals surface area contributed by atoms with Gasteiger partial charge in [-0.2, -0.15) is 9.97 Å². The van der Waals surface area contributed by atoms with E-state index in [-0.39, 0.29) is 5.82 Å². The molecular weight excluding hydrogens is 509 g/mol. The third-order valence-electron chi connectivity index (χ3n) is 7.18. The van der Waals surface area contributed by atoms with Crippen LogP contribution in [0.1, 0.15) is 16.7 Å². The molecule has 2 N–H and O–H groups in total. The number of nitrogens with one attached hydrogen (secondary N) is 2. The summed E-state index contributed by atoms with van der Waals surface area (Å²) in [5, 5.41) is 6.78. The molecule has 0 spiro atoms. The van der Waals surface area contributed by atoms with E-state index in [1.165, 1.54) is 28.9 Å². The lowest BCUT2D eigenvalue weighted by molar-refractivity contribution is 0.627. The lowest BCUT2D eigenvalue weighted by Gasteiger charge is -2.37. The van der Waals surface area contributed by atoms with Gasteiger partial charge in [-0.3, -0.25) is 0 Å². The molecule has 0 amide bonds. The summed E-state index contributed by atoms with van der Waals surface area (Å²) in [6.07, 6.45) is 0. The largest absolute Gasteiger partial charge is 0.368 e. The predicted octanol–water partition coefficient (Wildman–Crippen LogP) is 4.95. The summed E-state index contributed by atoms with van der Waals surface area (Å²) in [6, 6.07) is 27.5. The highest BCUT2D eigenvalue weighted by atomic mass is 32.1. The minimum Gasteiger partial charge on any atom is -0.368 e. The van der Waals surface area contributed by atoms with Crippen LogP contribution in [0.4, 0.5) is 27.7 Å². The molecule has 7 nitrogen and oxygen atoms in total. The van der Waals surface area contributed by atoms with Crippen molar-refractivity contribution in [3.63, 3.8) is 0 Å². The van der Waals surface area contributed by atoms with Crippen LogP contribution in [0.25, 0.3) is 0 Å². The standard InChI is InChI=1S/C30H30FN7S/c31-25-12-10-22(11-13-25)19-32-30(39)35-29-33-27(37-16-14-36(15-17-37)26-8-2-1-3-9-26)18-28(34-29)38-20-23-6-4-5-7-24(23)21-38/h1-13,18H,14-17,19-21H2,(H2,32,33,34,35,39). The number of piperazine rings is 1. The van der Waals surface area contributed by atoms with E-state index in [0.717, 1.165) is 56.5 Å². The number of rotatable bonds is 6. The number of nitrogens with zero attached hydrogens (tertiary/aromatic N) is 5. The molecule has 6 rings (SSSR count). The number of halogens is 1. The van der Waals surface area contributed by atoms with E-state index in [4.69, 9.17) is 22.2 Å². The van der Waals surface area contributed by atoms with Crippen molar-refractivity contribution in [2.75, 3.05) is 46.2 Å². The molecule has 2 aliphatic rings. The topological polar surface area (TPSA) is 59.6 Å². The SMILES string of the molecule is Fc1ccc(CNC(=S)Nc2nc(N3CCN(c4ccccc4)CC3)cc(N3Cc4ccccc4C3)n2)cc1. The van der Waals surface area contributed by atoms with E-state index in [0.29, 0.717) is 17.6 Å². The average Bonchev–Trinajstić information content (AvgIpc) is 3.42. The lowest BCUT2D eigenvalue weighted by atomic mass is 10.1. The summed E-state index contributed by atoms with van der Waals surface area (Å²) >= 11 is 5.55. The zero-order valence-corrected chi connectivity index (χ0v) is 22.4. The van der Waals surface area contributed by atoms with Crippen LogP contribution in [0.2, 0.25) is 0 Å². The van der Waals surface area contributed by atoms with E-state index in [9.17, 15) is 4.39 Å². The van der Waals surface area contributed by atoms with Gasteiger partial charge in [0.25, 0.3) is 0 Å². The second-order valence-electron chi connectivity index (χ2n) is 9.78. The Hall–Kier alpha value is -4.24. The normalized spacial score (nSPS) is 14.7. The van der Waals surface area contributed by atoms with Crippen LogP contribution in [-0.4, -0.2) is 41.3 Å². The molecule has 9 heteroatoms. The van der Waals surface area contributed by atoms with Gasteiger partial charge < -0.3 is 25.3 Å². The van der Waals surface area contributed by atoms with Gasteiger partial charge in [0.05, 0.1) is 0 Å². The van der Waals surface area contributed by atoms with Crippen molar-refractivity contribution in [3.8, 4) is 0 Å². The average molecular weight is 540 g/mol. The number of para-hydroxylation sites is 1. The van der Waals surface area contributed by atoms with E-state index in [1.54, 1.807) is 12.1 Å². The summed E-state index contributed by atoms with van der Waals surface area (Å²) in [5.41, 5.74) is 4.82. The Kier molecular flexibility index (Phi) is 7.23. The van der Waals surface area contributed by atoms with Crippen LogP contribution < -0.4 is 25.3 Å². The molecule has 3 heterocycles. The first kappa shape index (κ1) is 25.1. The highest BCUT2D eigenvalue weighted by Gasteiger charge is 2.24. The van der Waals surface area contributed by atoms with Crippen molar-refractivity contribution in [1.29, 1.82) is 0 Å². The van der Waals surface area contributed by atoms with Gasteiger partial charge in [-0.25, -0.2) is 4.39 Å². The van der Waals surface area contributed by atoms with Crippen molar-refractivity contribution in [1.82, 2.24) is 15.3 Å². The van der Waals surface area contributed by atoms with Crippen molar-refractivity contribution >= 4 is 40.6 Å². The minimum absolute atomic E-state index is 0.258. The molecule has 0 saturated carbocycles. The summed E-state index contributed by atoms with van der Waals surface area (Å²) in [5.74, 6) is 1.95. The maximum Gasteiger partial charge on any atom is 0.232 e. The van der Waals surface area contributed by atoms with Crippen LogP contribution in [0, 0.1) is 5.82 Å². The maximum atomic E-state index is 13.2. The Morgan fingerprint density at radius 2 is 1.33 bits per heavy atom. The second kappa shape index (κ2) is 11.2. The number of hydrogen-bond acceptors (Lipinski definition) is 6. The van der Waals surface area contributed by atoms with Gasteiger partial charge in [0.15, 0.2) is 5.11 Å². The molecule has 0 atom stereocenters. The van der Waals surface area contributed by atoms with Crippen molar-refractivity contribution in [2.24, 2.45) is 0 Å². The van der Waals surface area contributed by atoms with Crippen LogP contribution in [-0.2, 0) is 19.6 Å². The van der Waals surface area contributed by atoms with Gasteiger partial charge in [0, 0.05) is 57.6 Å². The molecule has 2 aliphatic heterocycles. The first-order chi connectivity index (χ1) is 19.1. The van der Waals surface area contributed by atoms with Crippen LogP contribution in [0.5, 0.6) is 0 Å². The number of thiocarbonyl (C=S) groups is 1. The number of fused-ring (bicyclic) bond motifs is 1. The molecule has 198 valence electrons. The smallest absolute Gasteiger partial charge is 0.232 e. The van der Waals surface area contributed by atoms with Crippen LogP contribution in [0.15, 0.2) is 84.9 Å². The zero-order valence-electron chi connectivity index (χ0n) is 21.6. The maximum absolute atomic E-state index is 13.2. The molecule has 0 radical (unpaired) electrons. The fourth-order valence-electron chi connectivity index (χ4n) is 5.06. The fraction of sp³-hybridized carbons (Fsp3) is 0.233. The van der Waals surface area contributed by atoms with Gasteiger partial charge in [-0.1, -0.05) is 54.6 Å². The number of aromatic nitrogens is 2. The molecule has 3 aromatic carbocycles. The van der Waals surface area contributed by atoms with Gasteiger partial charge in [-0.15, -0.1) is 0 Å². The Morgan fingerprint density at radius 1 is 0.744 bits per heavy atom. The van der Waals surface area contributed by atoms with Gasteiger partial charge in [0.1, 0.15) is 17.5 Å². The van der Waals surface area contributed by atoms with E-state index in [2.05, 4.69) is 79.9 Å². The number of anilines is 4. The molecule has 0 aliphatic carbocycles. The molecule has 0 bridgehead atoms. The van der Waals surface area contributed by atoms with E-state index < -0.39 is 0 Å². The van der Waals surface area contributed by atoms with E-state index in [1.807, 2.05) is 6.07 Å². The third kappa shape index (κ3) is 5.93. The monoisotopic (exact) mass is 539 g/mol. The Labute approximate surface area is 233 Å². The predicted molar refractivity (Wildman–Crippen MR) is 159 cm³/mol. The third-order valence-corrected chi connectivity index (χ3v) is 7.43. The zero-order chi connectivity index (χ0) is 26.6. The number of hydrogen-bond donors (Lipinski definition) is 2. The van der Waals surface area contributed by atoms with Crippen molar-refractivity contribution in [2.45, 2.75) is 19.6 Å². The Bertz CT molecular complexity index is 1410. The Balaban J connectivity index is 1.19. The minimum atomic E-state index is -0.258. The molecule has 1 saturated heterocycles. The van der Waals surface area contributed by atoms with Crippen LogP contribution >= 0.6 is 12.2 Å². The fourth-order valence-corrected chi connectivity index (χ4v) is 5.22. The number of benzene rings is 3. The Morgan fingerprint density at radius 3 is 2.00 bits per heavy atom. The molecular formula is C30H30FN7S. The molecule has 1 fully saturated rings.